The molecule has 0 fully saturated rings. The van der Waals surface area contributed by atoms with Crippen molar-refractivity contribution in [2.24, 2.45) is 5.10 Å². The van der Waals surface area contributed by atoms with E-state index in [2.05, 4.69) is 26.5 Å². The van der Waals surface area contributed by atoms with Crippen LogP contribution in [-0.4, -0.2) is 32.4 Å². The lowest BCUT2D eigenvalue weighted by Crippen LogP contribution is -2.18. The number of nitrogens with zero attached hydrogens (tertiary/aromatic N) is 1. The van der Waals surface area contributed by atoms with E-state index in [1.807, 2.05) is 26.0 Å². The maximum Gasteiger partial charge on any atom is 0.275 e. The Balaban J connectivity index is 2.11. The van der Waals surface area contributed by atoms with Crippen LogP contribution in [0.5, 0.6) is 17.2 Å². The van der Waals surface area contributed by atoms with Gasteiger partial charge in [0.2, 0.25) is 0 Å². The van der Waals surface area contributed by atoms with E-state index >= 15 is 0 Å². The second-order valence-corrected chi connectivity index (χ2v) is 6.03. The first-order valence-corrected chi connectivity index (χ1v) is 8.94. The number of carbonyl (C=O) groups is 1. The molecule has 0 heterocycles. The Hall–Kier alpha value is -2.54. The normalized spacial score (nSPS) is 10.6. The van der Waals surface area contributed by atoms with Gasteiger partial charge in [0.1, 0.15) is 5.75 Å². The van der Waals surface area contributed by atoms with Crippen molar-refractivity contribution in [2.75, 3.05) is 20.3 Å². The van der Waals surface area contributed by atoms with E-state index in [-0.39, 0.29) is 5.91 Å². The van der Waals surface area contributed by atoms with Crippen molar-refractivity contribution in [3.8, 4) is 17.2 Å². The number of nitrogens with one attached hydrogen (secondary N) is 1. The van der Waals surface area contributed by atoms with Crippen LogP contribution in [0.15, 0.2) is 46.0 Å². The monoisotopic (exact) mass is 420 g/mol. The summed E-state index contributed by atoms with van der Waals surface area (Å²) in [5.41, 5.74) is 3.68. The predicted octanol–water partition coefficient (Wildman–Crippen LogP) is 4.02. The zero-order chi connectivity index (χ0) is 18.9. The second-order valence-electron chi connectivity index (χ2n) is 5.12. The number of hydrogen-bond donors (Lipinski definition) is 1. The van der Waals surface area contributed by atoms with Gasteiger partial charge in [-0.1, -0.05) is 15.9 Å². The minimum Gasteiger partial charge on any atom is -0.493 e. The molecule has 7 heteroatoms. The molecule has 0 atom stereocenters. The number of benzene rings is 2. The van der Waals surface area contributed by atoms with E-state index in [4.69, 9.17) is 14.2 Å². The number of hydrazone groups is 1. The fourth-order valence-electron chi connectivity index (χ4n) is 2.23. The Morgan fingerprint density at radius 1 is 1.08 bits per heavy atom. The molecule has 0 aliphatic rings. The molecule has 2 rings (SSSR count). The lowest BCUT2D eigenvalue weighted by atomic mass is 10.2. The molecule has 2 aromatic carbocycles. The second kappa shape index (κ2) is 9.82. The number of carbonyl (C=O) groups excluding carboxylic acids is 1. The summed E-state index contributed by atoms with van der Waals surface area (Å²) in [6, 6.07) is 10.7. The Labute approximate surface area is 161 Å². The van der Waals surface area contributed by atoms with Crippen LogP contribution in [0.25, 0.3) is 0 Å². The van der Waals surface area contributed by atoms with E-state index in [1.54, 1.807) is 31.4 Å². The van der Waals surface area contributed by atoms with Crippen molar-refractivity contribution in [3.63, 3.8) is 0 Å². The third-order valence-electron chi connectivity index (χ3n) is 3.35. The van der Waals surface area contributed by atoms with E-state index < -0.39 is 0 Å². The Morgan fingerprint density at radius 3 is 2.46 bits per heavy atom. The van der Waals surface area contributed by atoms with Crippen molar-refractivity contribution in [2.45, 2.75) is 13.8 Å². The van der Waals surface area contributed by atoms with Crippen molar-refractivity contribution in [1.82, 2.24) is 5.43 Å². The fourth-order valence-corrected chi connectivity index (χ4v) is 2.59. The quantitative estimate of drug-likeness (QED) is 0.517. The van der Waals surface area contributed by atoms with Crippen molar-refractivity contribution in [1.29, 1.82) is 0 Å². The van der Waals surface area contributed by atoms with Crippen LogP contribution >= 0.6 is 15.9 Å². The smallest absolute Gasteiger partial charge is 0.275 e. The summed E-state index contributed by atoms with van der Waals surface area (Å²) in [6.07, 6.45) is 1.54. The Morgan fingerprint density at radius 2 is 1.77 bits per heavy atom. The van der Waals surface area contributed by atoms with Crippen molar-refractivity contribution < 1.29 is 19.0 Å². The van der Waals surface area contributed by atoms with Crippen LogP contribution in [0.1, 0.15) is 29.8 Å². The van der Waals surface area contributed by atoms with Gasteiger partial charge in [0.15, 0.2) is 11.5 Å². The third kappa shape index (κ3) is 5.23. The van der Waals surface area contributed by atoms with E-state index in [0.717, 1.165) is 10.0 Å². The minimum atomic E-state index is -0.357. The molecule has 6 nitrogen and oxygen atoms in total. The van der Waals surface area contributed by atoms with Gasteiger partial charge in [0.05, 0.1) is 32.1 Å². The molecule has 1 amide bonds. The lowest BCUT2D eigenvalue weighted by molar-refractivity contribution is 0.0951. The highest BCUT2D eigenvalue weighted by Gasteiger charge is 2.12. The number of methoxy groups -OCH3 is 1. The number of amides is 1. The van der Waals surface area contributed by atoms with Gasteiger partial charge in [0, 0.05) is 4.47 Å². The number of ether oxygens (including phenoxy) is 3. The van der Waals surface area contributed by atoms with Gasteiger partial charge in [-0.25, -0.2) is 5.43 Å². The Bertz CT molecular complexity index is 793. The molecule has 0 spiro atoms. The molecule has 0 radical (unpaired) electrons. The highest BCUT2D eigenvalue weighted by atomic mass is 79.9. The zero-order valence-corrected chi connectivity index (χ0v) is 16.5. The zero-order valence-electron chi connectivity index (χ0n) is 14.9. The SMILES string of the molecule is CCOc1ccc(C=NNC(=O)c2cc(Br)ccc2OCC)cc1OC. The summed E-state index contributed by atoms with van der Waals surface area (Å²) in [7, 11) is 1.57. The summed E-state index contributed by atoms with van der Waals surface area (Å²) < 4.78 is 17.0. The number of rotatable bonds is 8. The van der Waals surface area contributed by atoms with Gasteiger partial charge in [-0.2, -0.15) is 5.10 Å². The first-order valence-electron chi connectivity index (χ1n) is 8.15. The molecular formula is C19H21BrN2O4. The first kappa shape index (κ1) is 19.8. The molecule has 0 aromatic heterocycles. The molecule has 0 saturated carbocycles. The van der Waals surface area contributed by atoms with Crippen molar-refractivity contribution in [3.05, 3.63) is 52.0 Å². The summed E-state index contributed by atoms with van der Waals surface area (Å²) in [5.74, 6) is 1.41. The minimum absolute atomic E-state index is 0.357. The maximum atomic E-state index is 12.4. The largest absolute Gasteiger partial charge is 0.493 e. The van der Waals surface area contributed by atoms with Crippen molar-refractivity contribution >= 4 is 28.1 Å². The van der Waals surface area contributed by atoms with E-state index in [1.165, 1.54) is 6.21 Å². The molecule has 2 aromatic rings. The lowest BCUT2D eigenvalue weighted by Gasteiger charge is -2.10. The molecule has 0 bridgehead atoms. The van der Waals surface area contributed by atoms with Gasteiger partial charge in [-0.3, -0.25) is 4.79 Å². The molecule has 0 aliphatic heterocycles. The van der Waals surface area contributed by atoms with Crippen LogP contribution in [0.4, 0.5) is 0 Å². The van der Waals surface area contributed by atoms with Crippen LogP contribution in [0.2, 0.25) is 0 Å². The van der Waals surface area contributed by atoms with Gasteiger partial charge >= 0.3 is 0 Å². The summed E-state index contributed by atoms with van der Waals surface area (Å²) in [4.78, 5) is 12.4. The van der Waals surface area contributed by atoms with Gasteiger partial charge < -0.3 is 14.2 Å². The molecule has 0 unspecified atom stereocenters. The average molecular weight is 421 g/mol. The van der Waals surface area contributed by atoms with E-state index in [9.17, 15) is 4.79 Å². The molecule has 138 valence electrons. The topological polar surface area (TPSA) is 69.2 Å². The van der Waals surface area contributed by atoms with Crippen LogP contribution in [0, 0.1) is 0 Å². The average Bonchev–Trinajstić information content (AvgIpc) is 2.64. The van der Waals surface area contributed by atoms with Gasteiger partial charge in [-0.15, -0.1) is 0 Å². The maximum absolute atomic E-state index is 12.4. The van der Waals surface area contributed by atoms with Gasteiger partial charge in [-0.05, 0) is 55.8 Å². The summed E-state index contributed by atoms with van der Waals surface area (Å²) in [6.45, 7) is 4.79. The summed E-state index contributed by atoms with van der Waals surface area (Å²) >= 11 is 3.36. The molecular weight excluding hydrogens is 400 g/mol. The standard InChI is InChI=1S/C19H21BrN2O4/c1-4-25-16-9-7-14(20)11-15(16)19(23)22-21-12-13-6-8-17(26-5-2)18(10-13)24-3/h6-12H,4-5H2,1-3H3,(H,22,23). The fraction of sp³-hybridized carbons (Fsp3) is 0.263. The Kier molecular flexibility index (Phi) is 7.47. The van der Waals surface area contributed by atoms with Crippen LogP contribution in [0.3, 0.4) is 0 Å². The number of halogens is 1. The molecule has 0 aliphatic carbocycles. The highest BCUT2D eigenvalue weighted by molar-refractivity contribution is 9.10. The summed E-state index contributed by atoms with van der Waals surface area (Å²) in [5, 5.41) is 4.01. The molecule has 0 saturated heterocycles. The van der Waals surface area contributed by atoms with E-state index in [0.29, 0.717) is 36.0 Å². The third-order valence-corrected chi connectivity index (χ3v) is 3.85. The van der Waals surface area contributed by atoms with Crippen LogP contribution < -0.4 is 19.6 Å². The molecule has 26 heavy (non-hydrogen) atoms. The predicted molar refractivity (Wildman–Crippen MR) is 105 cm³/mol. The highest BCUT2D eigenvalue weighted by Crippen LogP contribution is 2.27. The molecule has 1 N–H and O–H groups in total. The first-order chi connectivity index (χ1) is 12.6. The van der Waals surface area contributed by atoms with Gasteiger partial charge in [0.25, 0.3) is 5.91 Å². The number of hydrogen-bond acceptors (Lipinski definition) is 5. The van der Waals surface area contributed by atoms with Crippen LogP contribution in [-0.2, 0) is 0 Å².